The summed E-state index contributed by atoms with van der Waals surface area (Å²) < 4.78 is 0. The predicted octanol–water partition coefficient (Wildman–Crippen LogP) is 3.21. The van der Waals surface area contributed by atoms with E-state index >= 15 is 0 Å². The molecular formula is C11H13Cl2N3S. The van der Waals surface area contributed by atoms with Gasteiger partial charge in [0.15, 0.2) is 0 Å². The van der Waals surface area contributed by atoms with Gasteiger partial charge in [-0.05, 0) is 18.6 Å². The fourth-order valence-corrected chi connectivity index (χ4v) is 2.06. The van der Waals surface area contributed by atoms with E-state index in [0.717, 1.165) is 29.4 Å². The number of nitrogens with one attached hydrogen (secondary N) is 1. The summed E-state index contributed by atoms with van der Waals surface area (Å²) in [6.07, 6.45) is 1.78. The summed E-state index contributed by atoms with van der Waals surface area (Å²) in [5, 5.41) is 7.01. The minimum atomic E-state index is 0. The van der Waals surface area contributed by atoms with Crippen molar-refractivity contribution >= 4 is 35.3 Å². The zero-order valence-electron chi connectivity index (χ0n) is 9.31. The van der Waals surface area contributed by atoms with Crippen molar-refractivity contribution in [2.75, 3.05) is 0 Å². The third-order valence-corrected chi connectivity index (χ3v) is 3.14. The summed E-state index contributed by atoms with van der Waals surface area (Å²) >= 11 is 7.38. The van der Waals surface area contributed by atoms with Crippen LogP contribution in [0.1, 0.15) is 16.3 Å². The van der Waals surface area contributed by atoms with Crippen LogP contribution in [0.15, 0.2) is 23.7 Å². The number of halogens is 2. The predicted molar refractivity (Wildman–Crippen MR) is 73.9 cm³/mol. The Morgan fingerprint density at radius 1 is 1.35 bits per heavy atom. The molecule has 2 rings (SSSR count). The van der Waals surface area contributed by atoms with Gasteiger partial charge < -0.3 is 5.32 Å². The maximum absolute atomic E-state index is 5.70. The second-order valence-corrected chi connectivity index (χ2v) is 4.90. The normalized spacial score (nSPS) is 10.0. The van der Waals surface area contributed by atoms with E-state index in [0.29, 0.717) is 5.15 Å². The van der Waals surface area contributed by atoms with Crippen LogP contribution in [0, 0.1) is 6.92 Å². The number of pyridine rings is 1. The molecule has 0 fully saturated rings. The van der Waals surface area contributed by atoms with Crippen molar-refractivity contribution in [1.82, 2.24) is 15.3 Å². The molecule has 1 N–H and O–H groups in total. The molecule has 0 unspecified atom stereocenters. The molecule has 0 spiro atoms. The highest BCUT2D eigenvalue weighted by Crippen LogP contribution is 2.08. The lowest BCUT2D eigenvalue weighted by Crippen LogP contribution is -2.13. The maximum atomic E-state index is 5.70. The van der Waals surface area contributed by atoms with Gasteiger partial charge in [-0.25, -0.2) is 9.97 Å². The lowest BCUT2D eigenvalue weighted by molar-refractivity contribution is 0.680. The van der Waals surface area contributed by atoms with Crippen molar-refractivity contribution in [3.63, 3.8) is 0 Å². The van der Waals surface area contributed by atoms with E-state index in [4.69, 9.17) is 11.6 Å². The van der Waals surface area contributed by atoms with E-state index in [1.807, 2.05) is 13.0 Å². The van der Waals surface area contributed by atoms with Gasteiger partial charge in [-0.1, -0.05) is 17.7 Å². The first kappa shape index (κ1) is 14.4. The molecule has 6 heteroatoms. The van der Waals surface area contributed by atoms with Gasteiger partial charge in [0, 0.05) is 24.7 Å². The molecule has 0 aliphatic heterocycles. The molecule has 0 atom stereocenters. The van der Waals surface area contributed by atoms with Gasteiger partial charge in [0.1, 0.15) is 5.15 Å². The number of nitrogens with zero attached hydrogens (tertiary/aromatic N) is 2. The van der Waals surface area contributed by atoms with E-state index in [-0.39, 0.29) is 12.4 Å². The summed E-state index contributed by atoms with van der Waals surface area (Å²) in [6.45, 7) is 3.57. The first-order valence-corrected chi connectivity index (χ1v) is 6.22. The molecule has 2 aromatic heterocycles. The molecule has 17 heavy (non-hydrogen) atoms. The van der Waals surface area contributed by atoms with E-state index in [1.165, 1.54) is 0 Å². The second-order valence-electron chi connectivity index (χ2n) is 3.45. The molecule has 0 saturated carbocycles. The maximum Gasteiger partial charge on any atom is 0.129 e. The van der Waals surface area contributed by atoms with Crippen molar-refractivity contribution in [2.24, 2.45) is 0 Å². The van der Waals surface area contributed by atoms with Gasteiger partial charge in [-0.3, -0.25) is 0 Å². The van der Waals surface area contributed by atoms with Gasteiger partial charge >= 0.3 is 0 Å². The van der Waals surface area contributed by atoms with Crippen LogP contribution >= 0.6 is 35.3 Å². The molecule has 3 nitrogen and oxygen atoms in total. The zero-order valence-corrected chi connectivity index (χ0v) is 11.7. The van der Waals surface area contributed by atoms with Crippen molar-refractivity contribution in [3.8, 4) is 0 Å². The highest BCUT2D eigenvalue weighted by atomic mass is 35.5. The molecule has 2 aromatic rings. The van der Waals surface area contributed by atoms with Crippen LogP contribution in [-0.2, 0) is 13.1 Å². The number of aryl methyl sites for hydroxylation is 1. The molecule has 0 aliphatic rings. The Balaban J connectivity index is 0.00000144. The summed E-state index contributed by atoms with van der Waals surface area (Å²) in [5.41, 5.74) is 2.21. The minimum Gasteiger partial charge on any atom is -0.307 e. The molecule has 0 aliphatic carbocycles. The SMILES string of the molecule is Cc1nc(CNCc2ccc(Cl)nc2)cs1.Cl. The van der Waals surface area contributed by atoms with Crippen LogP contribution in [0.3, 0.4) is 0 Å². The second kappa shape index (κ2) is 6.91. The Hall–Kier alpha value is -0.680. The van der Waals surface area contributed by atoms with Gasteiger partial charge in [0.05, 0.1) is 10.7 Å². The van der Waals surface area contributed by atoms with Crippen LogP contribution in [-0.4, -0.2) is 9.97 Å². The van der Waals surface area contributed by atoms with Gasteiger partial charge in [0.25, 0.3) is 0 Å². The minimum absolute atomic E-state index is 0. The number of rotatable bonds is 4. The Labute approximate surface area is 116 Å². The van der Waals surface area contributed by atoms with Crippen LogP contribution in [0.5, 0.6) is 0 Å². The van der Waals surface area contributed by atoms with Gasteiger partial charge in [-0.2, -0.15) is 0 Å². The van der Waals surface area contributed by atoms with Crippen LogP contribution in [0.2, 0.25) is 5.15 Å². The summed E-state index contributed by atoms with van der Waals surface area (Å²) in [6, 6.07) is 3.76. The molecule has 0 saturated heterocycles. The van der Waals surface area contributed by atoms with Crippen molar-refractivity contribution < 1.29 is 0 Å². The van der Waals surface area contributed by atoms with E-state index in [2.05, 4.69) is 20.7 Å². The topological polar surface area (TPSA) is 37.8 Å². The quantitative estimate of drug-likeness (QED) is 0.879. The van der Waals surface area contributed by atoms with Crippen molar-refractivity contribution in [2.45, 2.75) is 20.0 Å². The smallest absolute Gasteiger partial charge is 0.129 e. The first-order chi connectivity index (χ1) is 7.74. The molecule has 0 aromatic carbocycles. The Kier molecular flexibility index (Phi) is 5.85. The largest absolute Gasteiger partial charge is 0.307 e. The average Bonchev–Trinajstić information content (AvgIpc) is 2.67. The van der Waals surface area contributed by atoms with Crippen molar-refractivity contribution in [1.29, 1.82) is 0 Å². The van der Waals surface area contributed by atoms with E-state index in [9.17, 15) is 0 Å². The van der Waals surface area contributed by atoms with Gasteiger partial charge in [-0.15, -0.1) is 23.7 Å². The fraction of sp³-hybridized carbons (Fsp3) is 0.273. The van der Waals surface area contributed by atoms with Crippen LogP contribution in [0.4, 0.5) is 0 Å². The third kappa shape index (κ3) is 4.60. The summed E-state index contributed by atoms with van der Waals surface area (Å²) in [4.78, 5) is 8.40. The summed E-state index contributed by atoms with van der Waals surface area (Å²) in [7, 11) is 0. The van der Waals surface area contributed by atoms with Gasteiger partial charge in [0.2, 0.25) is 0 Å². The Morgan fingerprint density at radius 3 is 2.76 bits per heavy atom. The fourth-order valence-electron chi connectivity index (χ4n) is 1.34. The number of hydrogen-bond donors (Lipinski definition) is 1. The first-order valence-electron chi connectivity index (χ1n) is 4.96. The number of thiazole rings is 1. The van der Waals surface area contributed by atoms with Crippen molar-refractivity contribution in [3.05, 3.63) is 45.1 Å². The molecule has 0 radical (unpaired) electrons. The Bertz CT molecular complexity index is 456. The Morgan fingerprint density at radius 2 is 2.18 bits per heavy atom. The molecule has 0 amide bonds. The lowest BCUT2D eigenvalue weighted by Gasteiger charge is -2.02. The standard InChI is InChI=1S/C11H12ClN3S.ClH/c1-8-15-10(7-16-8)6-13-4-9-2-3-11(12)14-5-9;/h2-3,5,7,13H,4,6H2,1H3;1H. The average molecular weight is 290 g/mol. The highest BCUT2D eigenvalue weighted by Gasteiger charge is 1.98. The molecular weight excluding hydrogens is 277 g/mol. The molecule has 2 heterocycles. The van der Waals surface area contributed by atoms with Crippen LogP contribution in [0.25, 0.3) is 0 Å². The molecule has 92 valence electrons. The zero-order chi connectivity index (χ0) is 11.4. The number of aromatic nitrogens is 2. The lowest BCUT2D eigenvalue weighted by atomic mass is 10.3. The summed E-state index contributed by atoms with van der Waals surface area (Å²) in [5.74, 6) is 0. The monoisotopic (exact) mass is 289 g/mol. The molecule has 0 bridgehead atoms. The third-order valence-electron chi connectivity index (χ3n) is 2.09. The highest BCUT2D eigenvalue weighted by molar-refractivity contribution is 7.09. The number of hydrogen-bond acceptors (Lipinski definition) is 4. The van der Waals surface area contributed by atoms with Crippen LogP contribution < -0.4 is 5.32 Å². The van der Waals surface area contributed by atoms with E-state index < -0.39 is 0 Å². The van der Waals surface area contributed by atoms with E-state index in [1.54, 1.807) is 23.6 Å².